The van der Waals surface area contributed by atoms with E-state index in [0.29, 0.717) is 11.6 Å². The summed E-state index contributed by atoms with van der Waals surface area (Å²) in [5.41, 5.74) is 0.549. The number of carbonyl (C=O) groups excluding carboxylic acids is 1. The highest BCUT2D eigenvalue weighted by molar-refractivity contribution is 6.32. The summed E-state index contributed by atoms with van der Waals surface area (Å²) in [5.74, 6) is 0.0212. The number of amides is 1. The second-order valence-corrected chi connectivity index (χ2v) is 4.78. The van der Waals surface area contributed by atoms with Gasteiger partial charge in [0.15, 0.2) is 0 Å². The van der Waals surface area contributed by atoms with E-state index in [1.165, 1.54) is 12.1 Å². The highest BCUT2D eigenvalue weighted by Crippen LogP contribution is 2.27. The topological polar surface area (TPSA) is 40.5 Å². The van der Waals surface area contributed by atoms with Crippen molar-refractivity contribution in [3.05, 3.63) is 28.8 Å². The van der Waals surface area contributed by atoms with Crippen LogP contribution in [0.1, 0.15) is 36.5 Å². The number of benzene rings is 1. The molecule has 0 aliphatic carbocycles. The van der Waals surface area contributed by atoms with Crippen molar-refractivity contribution in [3.8, 4) is 5.75 Å². The van der Waals surface area contributed by atoms with Crippen LogP contribution in [-0.4, -0.2) is 28.5 Å². The molecule has 1 amide bonds. The van der Waals surface area contributed by atoms with Crippen molar-refractivity contribution in [2.45, 2.75) is 32.2 Å². The molecule has 1 N–H and O–H groups in total. The van der Waals surface area contributed by atoms with E-state index < -0.39 is 0 Å². The Balaban J connectivity index is 2.21. The Bertz CT molecular complexity index is 433. The SMILES string of the molecule is CCC1CCCN1C(=O)c1ccc(O)c(Cl)c1. The van der Waals surface area contributed by atoms with Crippen LogP contribution in [0.4, 0.5) is 0 Å². The maximum absolute atomic E-state index is 12.3. The normalized spacial score (nSPS) is 19.6. The molecule has 1 atom stereocenters. The number of carbonyl (C=O) groups is 1. The average molecular weight is 254 g/mol. The van der Waals surface area contributed by atoms with E-state index in [1.807, 2.05) is 4.90 Å². The molecule has 0 bridgehead atoms. The minimum absolute atomic E-state index is 0.0104. The second kappa shape index (κ2) is 4.96. The van der Waals surface area contributed by atoms with Gasteiger partial charge in [-0.2, -0.15) is 0 Å². The predicted molar refractivity (Wildman–Crippen MR) is 67.5 cm³/mol. The summed E-state index contributed by atoms with van der Waals surface area (Å²) >= 11 is 5.81. The molecule has 0 spiro atoms. The number of halogens is 1. The molecule has 1 saturated heterocycles. The number of phenolic OH excluding ortho intramolecular Hbond substituents is 1. The molecule has 2 rings (SSSR count). The van der Waals surface area contributed by atoms with Gasteiger partial charge in [-0.1, -0.05) is 18.5 Å². The summed E-state index contributed by atoms with van der Waals surface area (Å²) in [6, 6.07) is 4.96. The van der Waals surface area contributed by atoms with Crippen molar-refractivity contribution >= 4 is 17.5 Å². The lowest BCUT2D eigenvalue weighted by molar-refractivity contribution is 0.0733. The molecule has 1 heterocycles. The molecule has 4 heteroatoms. The molecule has 92 valence electrons. The predicted octanol–water partition coefficient (Wildman–Crippen LogP) is 3.06. The Labute approximate surface area is 106 Å². The summed E-state index contributed by atoms with van der Waals surface area (Å²) < 4.78 is 0. The Morgan fingerprint density at radius 2 is 2.35 bits per heavy atom. The molecular formula is C13H16ClNO2. The molecule has 0 saturated carbocycles. The lowest BCUT2D eigenvalue weighted by atomic mass is 10.1. The van der Waals surface area contributed by atoms with Crippen molar-refractivity contribution in [1.29, 1.82) is 0 Å². The standard InChI is InChI=1S/C13H16ClNO2/c1-2-10-4-3-7-15(10)13(17)9-5-6-12(16)11(14)8-9/h5-6,8,10,16H,2-4,7H2,1H3. The maximum atomic E-state index is 12.3. The Morgan fingerprint density at radius 3 is 3.00 bits per heavy atom. The lowest BCUT2D eigenvalue weighted by Crippen LogP contribution is -2.35. The minimum Gasteiger partial charge on any atom is -0.506 e. The fraction of sp³-hybridized carbons (Fsp3) is 0.462. The van der Waals surface area contributed by atoms with E-state index in [4.69, 9.17) is 11.6 Å². The zero-order valence-electron chi connectivity index (χ0n) is 9.82. The maximum Gasteiger partial charge on any atom is 0.254 e. The van der Waals surface area contributed by atoms with Crippen LogP contribution in [0, 0.1) is 0 Å². The largest absolute Gasteiger partial charge is 0.506 e. The van der Waals surface area contributed by atoms with Gasteiger partial charge in [-0.25, -0.2) is 0 Å². The van der Waals surface area contributed by atoms with Crippen LogP contribution >= 0.6 is 11.6 Å². The van der Waals surface area contributed by atoms with E-state index >= 15 is 0 Å². The van der Waals surface area contributed by atoms with Crippen LogP contribution in [0.5, 0.6) is 5.75 Å². The quantitative estimate of drug-likeness (QED) is 0.880. The van der Waals surface area contributed by atoms with E-state index in [-0.39, 0.29) is 16.7 Å². The Hall–Kier alpha value is -1.22. The van der Waals surface area contributed by atoms with Gasteiger partial charge in [0, 0.05) is 18.2 Å². The fourth-order valence-corrected chi connectivity index (χ4v) is 2.51. The van der Waals surface area contributed by atoms with Crippen molar-refractivity contribution in [3.63, 3.8) is 0 Å². The van der Waals surface area contributed by atoms with E-state index in [0.717, 1.165) is 25.8 Å². The van der Waals surface area contributed by atoms with Gasteiger partial charge in [-0.05, 0) is 37.5 Å². The third kappa shape index (κ3) is 2.39. The summed E-state index contributed by atoms with van der Waals surface area (Å²) in [6.07, 6.45) is 3.13. The summed E-state index contributed by atoms with van der Waals surface area (Å²) in [7, 11) is 0. The molecule has 0 radical (unpaired) electrons. The highest BCUT2D eigenvalue weighted by atomic mass is 35.5. The first-order chi connectivity index (χ1) is 8.13. The smallest absolute Gasteiger partial charge is 0.254 e. The van der Waals surface area contributed by atoms with Gasteiger partial charge in [0.1, 0.15) is 5.75 Å². The number of hydrogen-bond acceptors (Lipinski definition) is 2. The zero-order chi connectivity index (χ0) is 12.4. The fourth-order valence-electron chi connectivity index (χ4n) is 2.33. The van der Waals surface area contributed by atoms with Crippen molar-refractivity contribution in [2.24, 2.45) is 0 Å². The highest BCUT2D eigenvalue weighted by Gasteiger charge is 2.28. The van der Waals surface area contributed by atoms with Gasteiger partial charge in [0.05, 0.1) is 5.02 Å². The van der Waals surface area contributed by atoms with Crippen molar-refractivity contribution in [1.82, 2.24) is 4.90 Å². The third-order valence-electron chi connectivity index (χ3n) is 3.30. The van der Waals surface area contributed by atoms with Gasteiger partial charge in [0.25, 0.3) is 5.91 Å². The zero-order valence-corrected chi connectivity index (χ0v) is 10.6. The van der Waals surface area contributed by atoms with Crippen LogP contribution in [0.15, 0.2) is 18.2 Å². The number of hydrogen-bond donors (Lipinski definition) is 1. The van der Waals surface area contributed by atoms with E-state index in [9.17, 15) is 9.90 Å². The summed E-state index contributed by atoms with van der Waals surface area (Å²) in [4.78, 5) is 14.2. The first-order valence-electron chi connectivity index (χ1n) is 5.93. The second-order valence-electron chi connectivity index (χ2n) is 4.37. The van der Waals surface area contributed by atoms with Crippen LogP contribution in [0.2, 0.25) is 5.02 Å². The number of aromatic hydroxyl groups is 1. The van der Waals surface area contributed by atoms with Gasteiger partial charge in [0.2, 0.25) is 0 Å². The minimum atomic E-state index is 0.0104. The summed E-state index contributed by atoms with van der Waals surface area (Å²) in [5, 5.41) is 9.56. The Kier molecular flexibility index (Phi) is 3.57. The Morgan fingerprint density at radius 1 is 1.59 bits per heavy atom. The lowest BCUT2D eigenvalue weighted by Gasteiger charge is -2.23. The molecule has 0 aromatic heterocycles. The average Bonchev–Trinajstić information content (AvgIpc) is 2.80. The molecule has 17 heavy (non-hydrogen) atoms. The number of likely N-dealkylation sites (tertiary alicyclic amines) is 1. The van der Waals surface area contributed by atoms with Crippen molar-refractivity contribution < 1.29 is 9.90 Å². The van der Waals surface area contributed by atoms with Gasteiger partial charge < -0.3 is 10.0 Å². The van der Waals surface area contributed by atoms with Crippen LogP contribution < -0.4 is 0 Å². The first kappa shape index (κ1) is 12.2. The van der Waals surface area contributed by atoms with Crippen LogP contribution in [-0.2, 0) is 0 Å². The number of nitrogens with zero attached hydrogens (tertiary/aromatic N) is 1. The molecule has 3 nitrogen and oxygen atoms in total. The van der Waals surface area contributed by atoms with E-state index in [2.05, 4.69) is 6.92 Å². The van der Waals surface area contributed by atoms with Gasteiger partial charge in [-0.3, -0.25) is 4.79 Å². The number of rotatable bonds is 2. The molecule has 1 aromatic carbocycles. The molecule has 1 aromatic rings. The number of phenols is 1. The van der Waals surface area contributed by atoms with Gasteiger partial charge >= 0.3 is 0 Å². The monoisotopic (exact) mass is 253 g/mol. The van der Waals surface area contributed by atoms with Gasteiger partial charge in [-0.15, -0.1) is 0 Å². The van der Waals surface area contributed by atoms with Crippen LogP contribution in [0.25, 0.3) is 0 Å². The molecular weight excluding hydrogens is 238 g/mol. The molecule has 1 aliphatic heterocycles. The summed E-state index contributed by atoms with van der Waals surface area (Å²) in [6.45, 7) is 2.91. The molecule has 1 unspecified atom stereocenters. The molecule has 1 aliphatic rings. The van der Waals surface area contributed by atoms with Crippen molar-refractivity contribution in [2.75, 3.05) is 6.54 Å². The first-order valence-corrected chi connectivity index (χ1v) is 6.30. The third-order valence-corrected chi connectivity index (χ3v) is 3.61. The van der Waals surface area contributed by atoms with Crippen LogP contribution in [0.3, 0.4) is 0 Å². The molecule has 1 fully saturated rings. The van der Waals surface area contributed by atoms with E-state index in [1.54, 1.807) is 6.07 Å².